The molecule has 22 heavy (non-hydrogen) atoms. The van der Waals surface area contributed by atoms with Gasteiger partial charge in [-0.05, 0) is 31.7 Å². The van der Waals surface area contributed by atoms with Crippen molar-refractivity contribution in [3.8, 4) is 0 Å². The molecule has 1 saturated heterocycles. The lowest BCUT2D eigenvalue weighted by atomic mass is 9.81. The van der Waals surface area contributed by atoms with Gasteiger partial charge in [0.15, 0.2) is 0 Å². The number of benzene rings is 1. The van der Waals surface area contributed by atoms with E-state index in [0.29, 0.717) is 5.92 Å². The van der Waals surface area contributed by atoms with Crippen molar-refractivity contribution in [1.82, 2.24) is 4.90 Å². The van der Waals surface area contributed by atoms with Crippen molar-refractivity contribution >= 4 is 18.3 Å². The lowest BCUT2D eigenvalue weighted by Gasteiger charge is -2.37. The first-order valence-corrected chi connectivity index (χ1v) is 8.27. The van der Waals surface area contributed by atoms with Crippen molar-refractivity contribution in [2.75, 3.05) is 6.54 Å². The number of nitrogens with two attached hydrogens (primary N) is 1. The molecule has 2 fully saturated rings. The summed E-state index contributed by atoms with van der Waals surface area (Å²) in [6, 6.07) is 10.8. The predicted molar refractivity (Wildman–Crippen MR) is 92.2 cm³/mol. The molecule has 1 aliphatic carbocycles. The third-order valence-corrected chi connectivity index (χ3v) is 5.42. The van der Waals surface area contributed by atoms with Gasteiger partial charge in [-0.15, -0.1) is 12.4 Å². The SMILES string of the molecule is CC1C(c2ccccc2)CCN1C(=O)C1(N)CCCCC1.Cl. The van der Waals surface area contributed by atoms with Gasteiger partial charge in [-0.2, -0.15) is 0 Å². The summed E-state index contributed by atoms with van der Waals surface area (Å²) in [7, 11) is 0. The Labute approximate surface area is 139 Å². The number of carbonyl (C=O) groups is 1. The average molecular weight is 323 g/mol. The highest BCUT2D eigenvalue weighted by Gasteiger charge is 2.43. The highest BCUT2D eigenvalue weighted by molar-refractivity contribution is 5.87. The molecule has 3 rings (SSSR count). The molecule has 2 N–H and O–H groups in total. The molecular formula is C18H27ClN2O. The van der Waals surface area contributed by atoms with Gasteiger partial charge in [0.05, 0.1) is 5.54 Å². The molecule has 4 heteroatoms. The molecule has 2 aliphatic rings. The van der Waals surface area contributed by atoms with Crippen molar-refractivity contribution in [1.29, 1.82) is 0 Å². The smallest absolute Gasteiger partial charge is 0.242 e. The second kappa shape index (κ2) is 7.01. The van der Waals surface area contributed by atoms with Crippen LogP contribution in [-0.2, 0) is 4.79 Å². The van der Waals surface area contributed by atoms with E-state index in [4.69, 9.17) is 5.73 Å². The van der Waals surface area contributed by atoms with Crippen LogP contribution >= 0.6 is 12.4 Å². The summed E-state index contributed by atoms with van der Waals surface area (Å²) in [5.41, 5.74) is 7.18. The summed E-state index contributed by atoms with van der Waals surface area (Å²) in [4.78, 5) is 15.0. The Bertz CT molecular complexity index is 499. The third kappa shape index (κ3) is 3.16. The fourth-order valence-electron chi connectivity index (χ4n) is 4.05. The lowest BCUT2D eigenvalue weighted by molar-refractivity contribution is -0.138. The van der Waals surface area contributed by atoms with Gasteiger partial charge in [0.1, 0.15) is 0 Å². The van der Waals surface area contributed by atoms with Crippen LogP contribution in [0.15, 0.2) is 30.3 Å². The van der Waals surface area contributed by atoms with E-state index in [0.717, 1.165) is 38.6 Å². The molecule has 0 radical (unpaired) electrons. The maximum Gasteiger partial charge on any atom is 0.242 e. The van der Waals surface area contributed by atoms with E-state index in [1.54, 1.807) is 0 Å². The monoisotopic (exact) mass is 322 g/mol. The van der Waals surface area contributed by atoms with E-state index in [2.05, 4.69) is 31.2 Å². The molecule has 122 valence electrons. The fraction of sp³-hybridized carbons (Fsp3) is 0.611. The van der Waals surface area contributed by atoms with Gasteiger partial charge < -0.3 is 10.6 Å². The predicted octanol–water partition coefficient (Wildman–Crippen LogP) is 3.47. The summed E-state index contributed by atoms with van der Waals surface area (Å²) >= 11 is 0. The molecule has 2 unspecified atom stereocenters. The number of nitrogens with zero attached hydrogens (tertiary/aromatic N) is 1. The zero-order valence-electron chi connectivity index (χ0n) is 13.3. The maximum absolute atomic E-state index is 12.9. The zero-order valence-corrected chi connectivity index (χ0v) is 14.1. The maximum atomic E-state index is 12.9. The first kappa shape index (κ1) is 17.3. The van der Waals surface area contributed by atoms with E-state index < -0.39 is 5.54 Å². The van der Waals surface area contributed by atoms with Crippen LogP contribution in [0.1, 0.15) is 56.9 Å². The van der Waals surface area contributed by atoms with Gasteiger partial charge in [0, 0.05) is 18.5 Å². The summed E-state index contributed by atoms with van der Waals surface area (Å²) in [5, 5.41) is 0. The number of rotatable bonds is 2. The Hall–Kier alpha value is -1.06. The minimum atomic E-state index is -0.599. The Kier molecular flexibility index (Phi) is 5.51. The van der Waals surface area contributed by atoms with Gasteiger partial charge in [0.25, 0.3) is 0 Å². The molecule has 2 atom stereocenters. The van der Waals surface area contributed by atoms with Gasteiger partial charge in [-0.1, -0.05) is 49.6 Å². The van der Waals surface area contributed by atoms with E-state index in [9.17, 15) is 4.79 Å². The Morgan fingerprint density at radius 3 is 2.45 bits per heavy atom. The normalized spacial score (nSPS) is 27.3. The van der Waals surface area contributed by atoms with Gasteiger partial charge in [-0.3, -0.25) is 4.79 Å². The van der Waals surface area contributed by atoms with Crippen LogP contribution in [0.4, 0.5) is 0 Å². The number of carbonyl (C=O) groups excluding carboxylic acids is 1. The van der Waals surface area contributed by atoms with Crippen molar-refractivity contribution in [3.05, 3.63) is 35.9 Å². The second-order valence-electron chi connectivity index (χ2n) is 6.76. The first-order valence-electron chi connectivity index (χ1n) is 8.27. The van der Waals surface area contributed by atoms with E-state index in [-0.39, 0.29) is 24.4 Å². The highest BCUT2D eigenvalue weighted by atomic mass is 35.5. The number of hydrogen-bond donors (Lipinski definition) is 1. The Balaban J connectivity index is 0.00000176. The molecule has 0 aromatic heterocycles. The third-order valence-electron chi connectivity index (χ3n) is 5.42. The molecule has 1 aromatic carbocycles. The number of halogens is 1. The second-order valence-corrected chi connectivity index (χ2v) is 6.76. The van der Waals surface area contributed by atoms with Crippen molar-refractivity contribution in [2.24, 2.45) is 5.73 Å². The van der Waals surface area contributed by atoms with Crippen LogP contribution in [0, 0.1) is 0 Å². The first-order chi connectivity index (χ1) is 10.1. The van der Waals surface area contributed by atoms with E-state index in [1.165, 1.54) is 12.0 Å². The summed E-state index contributed by atoms with van der Waals surface area (Å²) in [5.74, 6) is 0.635. The van der Waals surface area contributed by atoms with Crippen molar-refractivity contribution < 1.29 is 4.79 Å². The summed E-state index contributed by atoms with van der Waals surface area (Å²) in [6.45, 7) is 3.02. The summed E-state index contributed by atoms with van der Waals surface area (Å²) < 4.78 is 0. The quantitative estimate of drug-likeness (QED) is 0.906. The molecule has 1 saturated carbocycles. The Morgan fingerprint density at radius 2 is 1.82 bits per heavy atom. The van der Waals surface area contributed by atoms with Gasteiger partial charge in [0.2, 0.25) is 5.91 Å². The van der Waals surface area contributed by atoms with Crippen molar-refractivity contribution in [2.45, 2.75) is 62.9 Å². The van der Waals surface area contributed by atoms with Gasteiger partial charge >= 0.3 is 0 Å². The molecule has 1 amide bonds. The number of amides is 1. The average Bonchev–Trinajstić information content (AvgIpc) is 2.89. The molecule has 0 bridgehead atoms. The standard InChI is InChI=1S/C18H26N2O.ClH/c1-14-16(15-8-4-2-5-9-15)10-13-20(14)17(21)18(19)11-6-3-7-12-18;/h2,4-5,8-9,14,16H,3,6-7,10-13,19H2,1H3;1H. The molecule has 1 aromatic rings. The van der Waals surface area contributed by atoms with E-state index >= 15 is 0 Å². The molecule has 1 heterocycles. The van der Waals surface area contributed by atoms with Crippen LogP contribution in [0.25, 0.3) is 0 Å². The zero-order chi connectivity index (χ0) is 14.9. The van der Waals surface area contributed by atoms with Crippen LogP contribution < -0.4 is 5.73 Å². The van der Waals surface area contributed by atoms with Crippen molar-refractivity contribution in [3.63, 3.8) is 0 Å². The fourth-order valence-corrected chi connectivity index (χ4v) is 4.05. The highest BCUT2D eigenvalue weighted by Crippen LogP contribution is 2.36. The minimum Gasteiger partial charge on any atom is -0.338 e. The van der Waals surface area contributed by atoms with Gasteiger partial charge in [-0.25, -0.2) is 0 Å². The van der Waals surface area contributed by atoms with Crippen LogP contribution in [0.3, 0.4) is 0 Å². The molecule has 0 spiro atoms. The summed E-state index contributed by atoms with van der Waals surface area (Å²) in [6.07, 6.45) is 6.15. The van der Waals surface area contributed by atoms with Crippen LogP contribution in [-0.4, -0.2) is 28.9 Å². The molecule has 1 aliphatic heterocycles. The molecule has 3 nitrogen and oxygen atoms in total. The largest absolute Gasteiger partial charge is 0.338 e. The van der Waals surface area contributed by atoms with Crippen LogP contribution in [0.5, 0.6) is 0 Å². The molecular weight excluding hydrogens is 296 g/mol. The topological polar surface area (TPSA) is 46.3 Å². The number of hydrogen-bond acceptors (Lipinski definition) is 2. The number of likely N-dealkylation sites (tertiary alicyclic amines) is 1. The van der Waals surface area contributed by atoms with Crippen LogP contribution in [0.2, 0.25) is 0 Å². The lowest BCUT2D eigenvalue weighted by Crippen LogP contribution is -2.57. The van der Waals surface area contributed by atoms with E-state index in [1.807, 2.05) is 11.0 Å². The Morgan fingerprint density at radius 1 is 1.18 bits per heavy atom. The minimum absolute atomic E-state index is 0.